The maximum absolute atomic E-state index is 10.6. The number of aliphatic imine (C=N–C) groups is 1. The normalized spacial score (nSPS) is 30.8. The molecular weight excluding hydrogens is 196 g/mol. The molecule has 0 aromatic heterocycles. The molecule has 2 rings (SSSR count). The lowest BCUT2D eigenvalue weighted by Gasteiger charge is -2.22. The van der Waals surface area contributed by atoms with Gasteiger partial charge < -0.3 is 15.2 Å². The molecule has 0 radical (unpaired) electrons. The molecule has 2 unspecified atom stereocenters. The molecule has 0 aliphatic carbocycles. The minimum Gasteiger partial charge on any atom is -0.480 e. The first-order chi connectivity index (χ1) is 7.25. The number of hydrogen-bond donors (Lipinski definition) is 2. The second-order valence-electron chi connectivity index (χ2n) is 4.04. The number of rotatable bonds is 3. The van der Waals surface area contributed by atoms with E-state index in [1.165, 1.54) is 12.8 Å². The van der Waals surface area contributed by atoms with Gasteiger partial charge in [0, 0.05) is 12.5 Å². The number of ether oxygens (including phenoxy) is 1. The predicted octanol–water partition coefficient (Wildman–Crippen LogP) is 0.400. The molecule has 2 N–H and O–H groups in total. The topological polar surface area (TPSA) is 70.9 Å². The molecule has 0 spiro atoms. The minimum atomic E-state index is -0.901. The summed E-state index contributed by atoms with van der Waals surface area (Å²) in [6.45, 7) is 1.23. The summed E-state index contributed by atoms with van der Waals surface area (Å²) in [5.41, 5.74) is 0. The molecule has 5 nitrogen and oxygen atoms in total. The number of nitrogens with one attached hydrogen (secondary N) is 1. The lowest BCUT2D eigenvalue weighted by Crippen LogP contribution is -2.35. The number of carboxylic acids is 1. The molecule has 0 aromatic carbocycles. The largest absolute Gasteiger partial charge is 0.480 e. The first-order valence-corrected chi connectivity index (χ1v) is 5.41. The highest BCUT2D eigenvalue weighted by atomic mass is 16.5. The van der Waals surface area contributed by atoms with Crippen LogP contribution in [0.25, 0.3) is 0 Å². The molecule has 0 amide bonds. The van der Waals surface area contributed by atoms with E-state index in [2.05, 4.69) is 10.3 Å². The van der Waals surface area contributed by atoms with Gasteiger partial charge in [0.25, 0.3) is 0 Å². The molecule has 2 aliphatic rings. The van der Waals surface area contributed by atoms with Crippen LogP contribution in [-0.4, -0.2) is 42.2 Å². The highest BCUT2D eigenvalue weighted by Gasteiger charge is 2.26. The standard InChI is InChI=1S/C10H16N2O3/c13-10(14)8-6-15-9(12-8)5-7-3-1-2-4-11-7/h7-8,11H,1-6H2,(H,13,14). The van der Waals surface area contributed by atoms with Crippen molar-refractivity contribution in [3.8, 4) is 0 Å². The number of carboxylic acid groups (broad SMARTS) is 1. The Hall–Kier alpha value is -1.10. The van der Waals surface area contributed by atoms with Crippen LogP contribution in [0.3, 0.4) is 0 Å². The zero-order valence-corrected chi connectivity index (χ0v) is 8.61. The van der Waals surface area contributed by atoms with Gasteiger partial charge in [-0.2, -0.15) is 0 Å². The molecule has 2 aliphatic heterocycles. The zero-order valence-electron chi connectivity index (χ0n) is 8.61. The average molecular weight is 212 g/mol. The average Bonchev–Trinajstić information content (AvgIpc) is 2.68. The van der Waals surface area contributed by atoms with Crippen LogP contribution in [0.2, 0.25) is 0 Å². The Morgan fingerprint density at radius 1 is 1.60 bits per heavy atom. The lowest BCUT2D eigenvalue weighted by molar-refractivity contribution is -0.138. The van der Waals surface area contributed by atoms with Crippen molar-refractivity contribution < 1.29 is 14.6 Å². The molecule has 0 bridgehead atoms. The number of carbonyl (C=O) groups is 1. The van der Waals surface area contributed by atoms with E-state index in [0.717, 1.165) is 19.4 Å². The van der Waals surface area contributed by atoms with E-state index in [9.17, 15) is 4.79 Å². The quantitative estimate of drug-likeness (QED) is 0.710. The number of hydrogen-bond acceptors (Lipinski definition) is 4. The second-order valence-corrected chi connectivity index (χ2v) is 4.04. The summed E-state index contributed by atoms with van der Waals surface area (Å²) in [5.74, 6) is -0.302. The smallest absolute Gasteiger partial charge is 0.332 e. The van der Waals surface area contributed by atoms with Crippen molar-refractivity contribution in [3.63, 3.8) is 0 Å². The van der Waals surface area contributed by atoms with Crippen molar-refractivity contribution in [1.29, 1.82) is 0 Å². The van der Waals surface area contributed by atoms with Crippen molar-refractivity contribution in [2.75, 3.05) is 13.2 Å². The van der Waals surface area contributed by atoms with Gasteiger partial charge in [0.2, 0.25) is 0 Å². The van der Waals surface area contributed by atoms with Crippen LogP contribution in [-0.2, 0) is 9.53 Å². The van der Waals surface area contributed by atoms with Crippen LogP contribution in [0, 0.1) is 0 Å². The van der Waals surface area contributed by atoms with Crippen molar-refractivity contribution >= 4 is 11.9 Å². The van der Waals surface area contributed by atoms with Gasteiger partial charge in [-0.15, -0.1) is 0 Å². The van der Waals surface area contributed by atoms with Gasteiger partial charge in [-0.05, 0) is 19.4 Å². The molecule has 84 valence electrons. The van der Waals surface area contributed by atoms with Gasteiger partial charge in [-0.1, -0.05) is 6.42 Å². The first kappa shape index (κ1) is 10.4. The molecule has 0 aromatic rings. The molecule has 1 saturated heterocycles. The fraction of sp³-hybridized carbons (Fsp3) is 0.800. The molecular formula is C10H16N2O3. The van der Waals surface area contributed by atoms with Crippen molar-refractivity contribution in [2.24, 2.45) is 4.99 Å². The summed E-state index contributed by atoms with van der Waals surface area (Å²) in [5, 5.41) is 12.1. The van der Waals surface area contributed by atoms with E-state index in [0.29, 0.717) is 11.9 Å². The van der Waals surface area contributed by atoms with Crippen molar-refractivity contribution in [1.82, 2.24) is 5.32 Å². The fourth-order valence-corrected chi connectivity index (χ4v) is 1.97. The minimum absolute atomic E-state index is 0.192. The second kappa shape index (κ2) is 4.61. The highest BCUT2D eigenvalue weighted by molar-refractivity contribution is 5.85. The Morgan fingerprint density at radius 3 is 3.07 bits per heavy atom. The van der Waals surface area contributed by atoms with E-state index < -0.39 is 12.0 Å². The summed E-state index contributed by atoms with van der Waals surface area (Å²) in [6, 6.07) is -0.284. The SMILES string of the molecule is O=C(O)C1COC(CC2CCCCN2)=N1. The molecule has 2 atom stereocenters. The molecule has 15 heavy (non-hydrogen) atoms. The summed E-state index contributed by atoms with van der Waals surface area (Å²) >= 11 is 0. The third kappa shape index (κ3) is 2.68. The highest BCUT2D eigenvalue weighted by Crippen LogP contribution is 2.14. The molecule has 2 heterocycles. The van der Waals surface area contributed by atoms with E-state index >= 15 is 0 Å². The van der Waals surface area contributed by atoms with Crippen LogP contribution in [0.4, 0.5) is 0 Å². The van der Waals surface area contributed by atoms with Crippen molar-refractivity contribution in [2.45, 2.75) is 37.8 Å². The molecule has 1 fully saturated rings. The third-order valence-electron chi connectivity index (χ3n) is 2.83. The summed E-state index contributed by atoms with van der Waals surface area (Å²) in [7, 11) is 0. The Balaban J connectivity index is 1.84. The maximum atomic E-state index is 10.6. The van der Waals surface area contributed by atoms with Gasteiger partial charge in [0.1, 0.15) is 6.61 Å². The lowest BCUT2D eigenvalue weighted by atomic mass is 10.0. The zero-order chi connectivity index (χ0) is 10.7. The van der Waals surface area contributed by atoms with Gasteiger partial charge in [-0.25, -0.2) is 9.79 Å². The Labute approximate surface area is 88.5 Å². The van der Waals surface area contributed by atoms with Crippen molar-refractivity contribution in [3.05, 3.63) is 0 Å². The third-order valence-corrected chi connectivity index (χ3v) is 2.83. The Bertz CT molecular complexity index is 272. The van der Waals surface area contributed by atoms with Gasteiger partial charge in [0.15, 0.2) is 11.9 Å². The van der Waals surface area contributed by atoms with Crippen LogP contribution in [0.5, 0.6) is 0 Å². The number of nitrogens with zero attached hydrogens (tertiary/aromatic N) is 1. The Morgan fingerprint density at radius 2 is 2.47 bits per heavy atom. The van der Waals surface area contributed by atoms with E-state index in [-0.39, 0.29) is 6.61 Å². The monoisotopic (exact) mass is 212 g/mol. The summed E-state index contributed by atoms with van der Waals surface area (Å²) in [4.78, 5) is 14.7. The molecule has 0 saturated carbocycles. The predicted molar refractivity (Wildman–Crippen MR) is 55.1 cm³/mol. The van der Waals surface area contributed by atoms with Gasteiger partial charge in [-0.3, -0.25) is 0 Å². The van der Waals surface area contributed by atoms with Crippen LogP contribution >= 0.6 is 0 Å². The van der Waals surface area contributed by atoms with Gasteiger partial charge >= 0.3 is 5.97 Å². The van der Waals surface area contributed by atoms with E-state index in [1.54, 1.807) is 0 Å². The summed E-state index contributed by atoms with van der Waals surface area (Å²) < 4.78 is 5.26. The summed E-state index contributed by atoms with van der Waals surface area (Å²) in [6.07, 6.45) is 4.30. The number of aliphatic carboxylic acids is 1. The van der Waals surface area contributed by atoms with Crippen LogP contribution < -0.4 is 5.32 Å². The van der Waals surface area contributed by atoms with E-state index in [4.69, 9.17) is 9.84 Å². The molecule has 5 heteroatoms. The van der Waals surface area contributed by atoms with Crippen LogP contribution in [0.15, 0.2) is 4.99 Å². The fourth-order valence-electron chi connectivity index (χ4n) is 1.97. The van der Waals surface area contributed by atoms with Gasteiger partial charge in [0.05, 0.1) is 0 Å². The van der Waals surface area contributed by atoms with Crippen LogP contribution in [0.1, 0.15) is 25.7 Å². The first-order valence-electron chi connectivity index (χ1n) is 5.41. The number of piperidine rings is 1. The Kier molecular flexibility index (Phi) is 3.20. The maximum Gasteiger partial charge on any atom is 0.332 e. The van der Waals surface area contributed by atoms with E-state index in [1.807, 2.05) is 0 Å².